The highest BCUT2D eigenvalue weighted by Gasteiger charge is 2.42. The van der Waals surface area contributed by atoms with E-state index in [-0.39, 0.29) is 17.6 Å². The van der Waals surface area contributed by atoms with Gasteiger partial charge in [0, 0.05) is 40.4 Å². The van der Waals surface area contributed by atoms with Crippen LogP contribution in [0.1, 0.15) is 24.0 Å². The summed E-state index contributed by atoms with van der Waals surface area (Å²) in [6, 6.07) is 4.96. The molecular weight excluding hydrogens is 315 g/mol. The molecule has 0 unspecified atom stereocenters. The van der Waals surface area contributed by atoms with Crippen molar-refractivity contribution in [3.8, 4) is 11.1 Å². The summed E-state index contributed by atoms with van der Waals surface area (Å²) in [7, 11) is 0. The van der Waals surface area contributed by atoms with Crippen LogP contribution in [0.2, 0.25) is 5.02 Å². The molecule has 0 atom stereocenters. The molecule has 1 aromatic carbocycles. The van der Waals surface area contributed by atoms with Gasteiger partial charge in [-0.2, -0.15) is 0 Å². The van der Waals surface area contributed by atoms with Crippen molar-refractivity contribution in [3.63, 3.8) is 0 Å². The summed E-state index contributed by atoms with van der Waals surface area (Å²) in [6.45, 7) is 0.454. The molecule has 23 heavy (non-hydrogen) atoms. The number of benzene rings is 1. The second kappa shape index (κ2) is 5.32. The van der Waals surface area contributed by atoms with Crippen LogP contribution in [0.5, 0.6) is 0 Å². The largest absolute Gasteiger partial charge is 0.392 e. The van der Waals surface area contributed by atoms with Crippen LogP contribution in [0.3, 0.4) is 0 Å². The maximum Gasteiger partial charge on any atom is 0.136 e. The number of anilines is 1. The molecule has 0 bridgehead atoms. The SMILES string of the molecule is OCc1cccc(-c2cnc3c(c2Cl)C2(CC=CC2)CN3)c1F. The number of fused-ring (bicyclic) bond motifs is 2. The topological polar surface area (TPSA) is 45.2 Å². The van der Waals surface area contributed by atoms with Crippen molar-refractivity contribution in [1.82, 2.24) is 4.98 Å². The molecule has 2 aromatic rings. The number of pyridine rings is 1. The monoisotopic (exact) mass is 330 g/mol. The molecule has 0 amide bonds. The first-order chi connectivity index (χ1) is 11.2. The molecule has 4 rings (SSSR count). The van der Waals surface area contributed by atoms with E-state index < -0.39 is 5.82 Å². The van der Waals surface area contributed by atoms with Crippen molar-refractivity contribution in [2.24, 2.45) is 0 Å². The van der Waals surface area contributed by atoms with Crippen molar-refractivity contribution in [2.75, 3.05) is 11.9 Å². The van der Waals surface area contributed by atoms with Crippen molar-refractivity contribution in [2.45, 2.75) is 24.9 Å². The molecule has 2 N–H and O–H groups in total. The van der Waals surface area contributed by atoms with Gasteiger partial charge in [-0.05, 0) is 12.8 Å². The van der Waals surface area contributed by atoms with Crippen LogP contribution in [0.4, 0.5) is 10.2 Å². The van der Waals surface area contributed by atoms with E-state index in [9.17, 15) is 9.50 Å². The molecule has 1 aliphatic carbocycles. The van der Waals surface area contributed by atoms with Crippen LogP contribution < -0.4 is 5.32 Å². The average Bonchev–Trinajstić information content (AvgIpc) is 3.17. The van der Waals surface area contributed by atoms with Crippen LogP contribution in [-0.2, 0) is 12.0 Å². The Kier molecular flexibility index (Phi) is 3.39. The quantitative estimate of drug-likeness (QED) is 0.817. The number of allylic oxidation sites excluding steroid dienone is 2. The van der Waals surface area contributed by atoms with Crippen molar-refractivity contribution >= 4 is 17.4 Å². The van der Waals surface area contributed by atoms with Crippen LogP contribution in [0.25, 0.3) is 11.1 Å². The Morgan fingerprint density at radius 3 is 2.78 bits per heavy atom. The zero-order valence-electron chi connectivity index (χ0n) is 12.4. The molecule has 3 nitrogen and oxygen atoms in total. The first-order valence-corrected chi connectivity index (χ1v) is 8.00. The van der Waals surface area contributed by atoms with E-state index in [2.05, 4.69) is 22.5 Å². The van der Waals surface area contributed by atoms with Crippen LogP contribution in [0.15, 0.2) is 36.5 Å². The number of halogens is 2. The lowest BCUT2D eigenvalue weighted by Crippen LogP contribution is -2.25. The Morgan fingerprint density at radius 2 is 2.04 bits per heavy atom. The molecule has 2 heterocycles. The molecular formula is C18H16ClFN2O. The molecule has 1 spiro atoms. The molecule has 1 aliphatic heterocycles. The van der Waals surface area contributed by atoms with E-state index in [1.807, 2.05) is 0 Å². The number of aromatic nitrogens is 1. The third kappa shape index (κ3) is 2.09. The fourth-order valence-electron chi connectivity index (χ4n) is 3.60. The number of hydrogen-bond donors (Lipinski definition) is 2. The number of aliphatic hydroxyl groups is 1. The number of nitrogens with zero attached hydrogens (tertiary/aromatic N) is 1. The summed E-state index contributed by atoms with van der Waals surface area (Å²) in [5.41, 5.74) is 2.13. The molecule has 0 saturated carbocycles. The maximum atomic E-state index is 14.6. The van der Waals surface area contributed by atoms with Gasteiger partial charge in [-0.15, -0.1) is 0 Å². The van der Waals surface area contributed by atoms with Gasteiger partial charge in [0.15, 0.2) is 0 Å². The van der Waals surface area contributed by atoms with Crippen molar-refractivity contribution in [1.29, 1.82) is 0 Å². The Hall–Kier alpha value is -1.91. The summed E-state index contributed by atoms with van der Waals surface area (Å²) >= 11 is 6.69. The van der Waals surface area contributed by atoms with Gasteiger partial charge in [0.1, 0.15) is 11.6 Å². The van der Waals surface area contributed by atoms with Gasteiger partial charge in [-0.1, -0.05) is 42.0 Å². The Morgan fingerprint density at radius 1 is 1.26 bits per heavy atom. The van der Waals surface area contributed by atoms with E-state index in [0.717, 1.165) is 30.8 Å². The fraction of sp³-hybridized carbons (Fsp3) is 0.278. The Labute approximate surface area is 138 Å². The minimum absolute atomic E-state index is 0.0690. The molecule has 2 aliphatic rings. The first kappa shape index (κ1) is 14.7. The van der Waals surface area contributed by atoms with Crippen molar-refractivity contribution < 1.29 is 9.50 Å². The Bertz CT molecular complexity index is 811. The molecule has 0 fully saturated rings. The highest BCUT2D eigenvalue weighted by Crippen LogP contribution is 2.50. The van der Waals surface area contributed by atoms with Gasteiger partial charge >= 0.3 is 0 Å². The zero-order chi connectivity index (χ0) is 16.0. The number of rotatable bonds is 2. The van der Waals surface area contributed by atoms with E-state index in [0.29, 0.717) is 16.1 Å². The summed E-state index contributed by atoms with van der Waals surface area (Å²) < 4.78 is 14.6. The van der Waals surface area contributed by atoms with Gasteiger partial charge < -0.3 is 10.4 Å². The van der Waals surface area contributed by atoms with Gasteiger partial charge in [-0.25, -0.2) is 9.37 Å². The summed E-state index contributed by atoms with van der Waals surface area (Å²) in [4.78, 5) is 4.46. The molecule has 1 aromatic heterocycles. The second-order valence-electron chi connectivity index (χ2n) is 6.16. The smallest absolute Gasteiger partial charge is 0.136 e. The molecule has 0 saturated heterocycles. The average molecular weight is 331 g/mol. The number of aliphatic hydroxyl groups excluding tert-OH is 1. The minimum Gasteiger partial charge on any atom is -0.392 e. The first-order valence-electron chi connectivity index (χ1n) is 7.63. The van der Waals surface area contributed by atoms with E-state index in [4.69, 9.17) is 11.6 Å². The zero-order valence-corrected chi connectivity index (χ0v) is 13.2. The lowest BCUT2D eigenvalue weighted by atomic mass is 9.80. The lowest BCUT2D eigenvalue weighted by molar-refractivity contribution is 0.276. The predicted molar refractivity (Wildman–Crippen MR) is 89.1 cm³/mol. The number of nitrogens with one attached hydrogen (secondary N) is 1. The lowest BCUT2D eigenvalue weighted by Gasteiger charge is -2.24. The molecule has 0 radical (unpaired) electrons. The van der Waals surface area contributed by atoms with Crippen LogP contribution >= 0.6 is 11.6 Å². The predicted octanol–water partition coefficient (Wildman–Crippen LogP) is 4.05. The summed E-state index contributed by atoms with van der Waals surface area (Å²) in [5, 5.41) is 13.1. The highest BCUT2D eigenvalue weighted by atomic mass is 35.5. The standard InChI is InChI=1S/C18H16ClFN2O/c19-15-13(12-5-3-4-11(9-23)16(12)20)8-21-17-14(15)18(10-22-17)6-1-2-7-18/h1-5,8,23H,6-7,9-10H2,(H,21,22). The number of hydrogen-bond acceptors (Lipinski definition) is 3. The second-order valence-corrected chi connectivity index (χ2v) is 6.54. The fourth-order valence-corrected chi connectivity index (χ4v) is 4.04. The van der Waals surface area contributed by atoms with Gasteiger partial charge in [-0.3, -0.25) is 0 Å². The molecule has 118 valence electrons. The van der Waals surface area contributed by atoms with E-state index in [1.165, 1.54) is 0 Å². The summed E-state index contributed by atoms with van der Waals surface area (Å²) in [5.74, 6) is 0.351. The van der Waals surface area contributed by atoms with Gasteiger partial charge in [0.05, 0.1) is 11.6 Å². The normalized spacial score (nSPS) is 17.5. The van der Waals surface area contributed by atoms with E-state index >= 15 is 0 Å². The third-order valence-electron chi connectivity index (χ3n) is 4.86. The highest BCUT2D eigenvalue weighted by molar-refractivity contribution is 6.34. The van der Waals surface area contributed by atoms with Crippen LogP contribution in [-0.4, -0.2) is 16.6 Å². The Balaban J connectivity index is 1.90. The van der Waals surface area contributed by atoms with Gasteiger partial charge in [0.25, 0.3) is 0 Å². The summed E-state index contributed by atoms with van der Waals surface area (Å²) in [6.07, 6.45) is 7.75. The third-order valence-corrected chi connectivity index (χ3v) is 5.26. The van der Waals surface area contributed by atoms with E-state index in [1.54, 1.807) is 24.4 Å². The minimum atomic E-state index is -0.441. The van der Waals surface area contributed by atoms with Crippen LogP contribution in [0, 0.1) is 5.82 Å². The van der Waals surface area contributed by atoms with Gasteiger partial charge in [0.2, 0.25) is 0 Å². The molecule has 5 heteroatoms. The van der Waals surface area contributed by atoms with Crippen molar-refractivity contribution in [3.05, 3.63) is 58.5 Å². The maximum absolute atomic E-state index is 14.6.